The van der Waals surface area contributed by atoms with E-state index in [0.717, 1.165) is 7.11 Å². The van der Waals surface area contributed by atoms with Gasteiger partial charge in [0.25, 0.3) is 5.78 Å². The molecule has 9 nitrogen and oxygen atoms in total. The van der Waals surface area contributed by atoms with Gasteiger partial charge >= 0.3 is 24.1 Å². The molecule has 0 heterocycles. The zero-order chi connectivity index (χ0) is 21.2. The van der Waals surface area contributed by atoms with Crippen molar-refractivity contribution < 1.29 is 38.2 Å². The van der Waals surface area contributed by atoms with E-state index >= 15 is 0 Å². The van der Waals surface area contributed by atoms with Gasteiger partial charge < -0.3 is 19.7 Å². The fraction of sp³-hybridized carbons (Fsp3) is 0.150. The van der Waals surface area contributed by atoms with Crippen molar-refractivity contribution in [2.24, 2.45) is 0 Å². The van der Waals surface area contributed by atoms with Crippen molar-refractivity contribution in [1.82, 2.24) is 0 Å². The second-order valence-electron chi connectivity index (χ2n) is 5.55. The molecule has 0 fully saturated rings. The summed E-state index contributed by atoms with van der Waals surface area (Å²) >= 11 is 0. The quantitative estimate of drug-likeness (QED) is 0.217. The first kappa shape index (κ1) is 21.2. The van der Waals surface area contributed by atoms with E-state index in [1.54, 1.807) is 36.4 Å². The van der Waals surface area contributed by atoms with Crippen LogP contribution in [-0.4, -0.2) is 54.0 Å². The molecule has 2 aromatic carbocycles. The molecule has 148 valence electrons. The van der Waals surface area contributed by atoms with Crippen LogP contribution in [0.3, 0.4) is 0 Å². The van der Waals surface area contributed by atoms with Crippen LogP contribution in [0.4, 0.5) is 0 Å². The van der Waals surface area contributed by atoms with Gasteiger partial charge in [-0.1, -0.05) is 36.4 Å². The number of carbonyl (C=O) groups is 4. The lowest BCUT2D eigenvalue weighted by Crippen LogP contribution is -2.47. The Morgan fingerprint density at radius 1 is 0.828 bits per heavy atom. The summed E-state index contributed by atoms with van der Waals surface area (Å²) in [4.78, 5) is 51.8. The van der Waals surface area contributed by atoms with Crippen molar-refractivity contribution in [3.05, 3.63) is 77.3 Å². The first-order valence-corrected chi connectivity index (χ1v) is 8.29. The van der Waals surface area contributed by atoms with E-state index in [-0.39, 0.29) is 11.1 Å². The topological polar surface area (TPSA) is 132 Å². The van der Waals surface area contributed by atoms with E-state index in [1.165, 1.54) is 24.3 Å². The molecule has 0 unspecified atom stereocenters. The Balaban J connectivity index is 2.35. The third kappa shape index (κ3) is 5.69. The lowest BCUT2D eigenvalue weighted by molar-refractivity contribution is -0.160. The molecule has 0 saturated carbocycles. The van der Waals surface area contributed by atoms with Gasteiger partial charge in [0.2, 0.25) is 12.2 Å². The zero-order valence-corrected chi connectivity index (χ0v) is 15.3. The van der Waals surface area contributed by atoms with E-state index in [1.807, 2.05) is 0 Å². The number of hydrogen-bond donors (Lipinski definition) is 0. The second kappa shape index (κ2) is 10.3. The van der Waals surface area contributed by atoms with Gasteiger partial charge in [-0.3, -0.25) is 4.79 Å². The smallest absolute Gasteiger partial charge is 0.351 e. The van der Waals surface area contributed by atoms with Crippen LogP contribution in [0, 0.1) is 0 Å². The molecule has 29 heavy (non-hydrogen) atoms. The Hall–Kier alpha value is -4.10. The highest BCUT2D eigenvalue weighted by atomic mass is 16.6. The molecule has 0 N–H and O–H groups in total. The van der Waals surface area contributed by atoms with E-state index < -0.39 is 35.9 Å². The molecule has 0 aromatic heterocycles. The Labute approximate surface area is 165 Å². The van der Waals surface area contributed by atoms with Gasteiger partial charge in [0.15, 0.2) is 0 Å². The molecule has 0 spiro atoms. The summed E-state index contributed by atoms with van der Waals surface area (Å²) < 4.78 is 14.8. The van der Waals surface area contributed by atoms with Gasteiger partial charge in [0.1, 0.15) is 0 Å². The number of ether oxygens (including phenoxy) is 3. The predicted molar refractivity (Wildman–Crippen MR) is 98.0 cm³/mol. The number of nitrogens with zero attached hydrogens (tertiary/aromatic N) is 2. The summed E-state index contributed by atoms with van der Waals surface area (Å²) in [6.07, 6.45) is -3.43. The SMILES string of the molecule is COC(=O)[C@H](OC(=O)c1ccccc1)[C@@H](OC(=O)c1ccccc1)C(=O)C=[N+]=[N-]. The van der Waals surface area contributed by atoms with Crippen molar-refractivity contribution >= 4 is 29.9 Å². The molecule has 2 aromatic rings. The summed E-state index contributed by atoms with van der Waals surface area (Å²) in [6.45, 7) is 0. The van der Waals surface area contributed by atoms with Gasteiger partial charge in [-0.2, -0.15) is 4.79 Å². The van der Waals surface area contributed by atoms with E-state index in [0.29, 0.717) is 6.21 Å². The Morgan fingerprint density at radius 3 is 1.69 bits per heavy atom. The molecule has 0 aliphatic rings. The van der Waals surface area contributed by atoms with Crippen LogP contribution >= 0.6 is 0 Å². The fourth-order valence-electron chi connectivity index (χ4n) is 2.26. The number of esters is 3. The van der Waals surface area contributed by atoms with Crippen LogP contribution in [0.15, 0.2) is 60.7 Å². The highest BCUT2D eigenvalue weighted by molar-refractivity contribution is 6.28. The highest BCUT2D eigenvalue weighted by Crippen LogP contribution is 2.14. The number of rotatable bonds is 8. The number of ketones is 1. The summed E-state index contributed by atoms with van der Waals surface area (Å²) in [5.74, 6) is -4.14. The maximum absolute atomic E-state index is 12.4. The molecule has 0 saturated heterocycles. The Morgan fingerprint density at radius 2 is 1.28 bits per heavy atom. The molecule has 2 rings (SSSR count). The molecule has 2 atom stereocenters. The number of Topliss-reactive ketones (excluding diaryl/α,β-unsaturated/α-hetero) is 1. The minimum Gasteiger partial charge on any atom is -0.466 e. The van der Waals surface area contributed by atoms with Crippen LogP contribution < -0.4 is 0 Å². The fourth-order valence-corrected chi connectivity index (χ4v) is 2.26. The average molecular weight is 396 g/mol. The minimum absolute atomic E-state index is 0.0873. The lowest BCUT2D eigenvalue weighted by atomic mass is 10.1. The predicted octanol–water partition coefficient (Wildman–Crippen LogP) is 1.48. The van der Waals surface area contributed by atoms with Crippen LogP contribution in [0.2, 0.25) is 0 Å². The van der Waals surface area contributed by atoms with E-state index in [4.69, 9.17) is 15.0 Å². The van der Waals surface area contributed by atoms with Crippen molar-refractivity contribution in [2.45, 2.75) is 12.2 Å². The lowest BCUT2D eigenvalue weighted by Gasteiger charge is -2.22. The molecule has 0 radical (unpaired) electrons. The van der Waals surface area contributed by atoms with Crippen molar-refractivity contribution in [3.63, 3.8) is 0 Å². The molecule has 9 heteroatoms. The number of carbonyl (C=O) groups excluding carboxylic acids is 4. The summed E-state index contributed by atoms with van der Waals surface area (Å²) in [5, 5.41) is 0. The van der Waals surface area contributed by atoms with Gasteiger partial charge in [-0.25, -0.2) is 14.4 Å². The van der Waals surface area contributed by atoms with Gasteiger partial charge in [0, 0.05) is 0 Å². The number of benzene rings is 2. The van der Waals surface area contributed by atoms with Crippen LogP contribution in [0.5, 0.6) is 0 Å². The second-order valence-corrected chi connectivity index (χ2v) is 5.55. The van der Waals surface area contributed by atoms with Crippen molar-refractivity contribution in [1.29, 1.82) is 0 Å². The molecular weight excluding hydrogens is 380 g/mol. The molecule has 0 bridgehead atoms. The largest absolute Gasteiger partial charge is 0.466 e. The van der Waals surface area contributed by atoms with Gasteiger partial charge in [-0.15, -0.1) is 0 Å². The first-order chi connectivity index (χ1) is 14.0. The Kier molecular flexibility index (Phi) is 7.52. The van der Waals surface area contributed by atoms with Gasteiger partial charge in [-0.05, 0) is 24.3 Å². The molecular formula is C20H16N2O7. The van der Waals surface area contributed by atoms with Gasteiger partial charge in [0.05, 0.1) is 18.2 Å². The minimum atomic E-state index is -1.93. The van der Waals surface area contributed by atoms with Crippen LogP contribution in [-0.2, 0) is 23.8 Å². The van der Waals surface area contributed by atoms with Crippen molar-refractivity contribution in [3.8, 4) is 0 Å². The third-order valence-corrected chi connectivity index (χ3v) is 3.66. The maximum Gasteiger partial charge on any atom is 0.351 e. The van der Waals surface area contributed by atoms with Crippen LogP contribution in [0.1, 0.15) is 20.7 Å². The zero-order valence-electron chi connectivity index (χ0n) is 15.3. The maximum atomic E-state index is 12.4. The summed E-state index contributed by atoms with van der Waals surface area (Å²) in [7, 11) is 1.01. The van der Waals surface area contributed by atoms with E-state index in [9.17, 15) is 19.2 Å². The highest BCUT2D eigenvalue weighted by Gasteiger charge is 2.42. The molecule has 0 aliphatic heterocycles. The standard InChI is InChI=1S/C20H16N2O7/c1-27-20(26)17(29-19(25)14-10-6-3-7-11-14)16(15(23)12-22-21)28-18(24)13-8-4-2-5-9-13/h2-12,16-17H,1H3/t16-,17+/m0/s1. The molecule has 0 aliphatic carbocycles. The van der Waals surface area contributed by atoms with Crippen LogP contribution in [0.25, 0.3) is 5.53 Å². The molecule has 0 amide bonds. The Bertz CT molecular complexity index is 938. The first-order valence-electron chi connectivity index (χ1n) is 8.29. The third-order valence-electron chi connectivity index (χ3n) is 3.66. The normalized spacial score (nSPS) is 11.9. The summed E-state index contributed by atoms with van der Waals surface area (Å²) in [5.41, 5.74) is 8.84. The number of methoxy groups -OCH3 is 1. The number of hydrogen-bond acceptors (Lipinski definition) is 7. The summed E-state index contributed by atoms with van der Waals surface area (Å²) in [6, 6.07) is 15.3. The van der Waals surface area contributed by atoms with Crippen molar-refractivity contribution in [2.75, 3.05) is 7.11 Å². The monoisotopic (exact) mass is 396 g/mol. The average Bonchev–Trinajstić information content (AvgIpc) is 2.76. The van der Waals surface area contributed by atoms with E-state index in [2.05, 4.69) is 9.53 Å².